The van der Waals surface area contributed by atoms with Gasteiger partial charge in [-0.25, -0.2) is 0 Å². The van der Waals surface area contributed by atoms with E-state index < -0.39 is 6.10 Å². The van der Waals surface area contributed by atoms with Crippen LogP contribution in [0, 0.1) is 20.8 Å². The first-order valence-corrected chi connectivity index (χ1v) is 6.98. The van der Waals surface area contributed by atoms with Crippen molar-refractivity contribution in [2.45, 2.75) is 53.1 Å². The summed E-state index contributed by atoms with van der Waals surface area (Å²) in [5.74, 6) is 0.0170. The molecule has 0 radical (unpaired) electrons. The van der Waals surface area contributed by atoms with Gasteiger partial charge in [0.25, 0.3) is 0 Å². The molecule has 1 amide bonds. The monoisotopic (exact) mass is 263 g/mol. The highest BCUT2D eigenvalue weighted by molar-refractivity contribution is 5.75. The van der Waals surface area contributed by atoms with E-state index in [-0.39, 0.29) is 12.5 Å². The Morgan fingerprint density at radius 2 is 1.84 bits per heavy atom. The highest BCUT2D eigenvalue weighted by atomic mass is 16.3. The van der Waals surface area contributed by atoms with Gasteiger partial charge < -0.3 is 10.4 Å². The van der Waals surface area contributed by atoms with Gasteiger partial charge >= 0.3 is 0 Å². The Bertz CT molecular complexity index is 417. The van der Waals surface area contributed by atoms with Gasteiger partial charge in [0.1, 0.15) is 0 Å². The zero-order valence-corrected chi connectivity index (χ0v) is 12.4. The van der Waals surface area contributed by atoms with E-state index >= 15 is 0 Å². The number of aryl methyl sites for hydroxylation is 3. The van der Waals surface area contributed by atoms with Crippen LogP contribution in [0.4, 0.5) is 0 Å². The average molecular weight is 263 g/mol. The number of aliphatic hydroxyl groups excluding tert-OH is 1. The van der Waals surface area contributed by atoms with Gasteiger partial charge in [-0.15, -0.1) is 0 Å². The third-order valence-electron chi connectivity index (χ3n) is 3.32. The molecule has 1 aromatic carbocycles. The Labute approximate surface area is 116 Å². The van der Waals surface area contributed by atoms with Gasteiger partial charge in [0.05, 0.1) is 6.10 Å². The minimum atomic E-state index is -0.633. The standard InChI is InChI=1S/C16H25NO2/c1-5-6-7-15(19)17-10-14(18)16-12(3)8-11(2)9-13(16)4/h8-9,14,18H,5-7,10H2,1-4H3,(H,17,19). The zero-order chi connectivity index (χ0) is 14.4. The van der Waals surface area contributed by atoms with Crippen molar-refractivity contribution in [3.63, 3.8) is 0 Å². The van der Waals surface area contributed by atoms with Crippen molar-refractivity contribution >= 4 is 5.91 Å². The van der Waals surface area contributed by atoms with Gasteiger partial charge in [-0.05, 0) is 43.9 Å². The lowest BCUT2D eigenvalue weighted by Crippen LogP contribution is -2.28. The molecule has 0 saturated heterocycles. The second-order valence-electron chi connectivity index (χ2n) is 5.24. The maximum atomic E-state index is 11.5. The maximum Gasteiger partial charge on any atom is 0.220 e. The number of rotatable bonds is 6. The summed E-state index contributed by atoms with van der Waals surface area (Å²) in [4.78, 5) is 11.5. The molecule has 106 valence electrons. The van der Waals surface area contributed by atoms with E-state index in [9.17, 15) is 9.90 Å². The molecule has 19 heavy (non-hydrogen) atoms. The van der Waals surface area contributed by atoms with E-state index in [0.717, 1.165) is 29.5 Å². The summed E-state index contributed by atoms with van der Waals surface area (Å²) in [6, 6.07) is 4.12. The first kappa shape index (κ1) is 15.7. The number of hydrogen-bond donors (Lipinski definition) is 2. The molecule has 0 aliphatic rings. The van der Waals surface area contributed by atoms with Crippen LogP contribution in [0.5, 0.6) is 0 Å². The molecule has 0 bridgehead atoms. The minimum Gasteiger partial charge on any atom is -0.387 e. The van der Waals surface area contributed by atoms with Crippen LogP contribution in [0.1, 0.15) is 54.5 Å². The van der Waals surface area contributed by atoms with Gasteiger partial charge in [0.2, 0.25) is 5.91 Å². The molecule has 0 spiro atoms. The predicted octanol–water partition coefficient (Wildman–Crippen LogP) is 2.95. The number of carbonyl (C=O) groups is 1. The summed E-state index contributed by atoms with van der Waals surface area (Å²) in [5, 5.41) is 13.0. The second-order valence-corrected chi connectivity index (χ2v) is 5.24. The third-order valence-corrected chi connectivity index (χ3v) is 3.32. The van der Waals surface area contributed by atoms with Crippen molar-refractivity contribution in [1.82, 2.24) is 5.32 Å². The number of unbranched alkanes of at least 4 members (excludes halogenated alkanes) is 1. The van der Waals surface area contributed by atoms with Crippen LogP contribution in [0.25, 0.3) is 0 Å². The van der Waals surface area contributed by atoms with Crippen LogP contribution < -0.4 is 5.32 Å². The Balaban J connectivity index is 2.63. The lowest BCUT2D eigenvalue weighted by Gasteiger charge is -2.18. The van der Waals surface area contributed by atoms with Crippen molar-refractivity contribution in [2.24, 2.45) is 0 Å². The normalized spacial score (nSPS) is 12.3. The van der Waals surface area contributed by atoms with Crippen LogP contribution in [0.15, 0.2) is 12.1 Å². The minimum absolute atomic E-state index is 0.0170. The number of amides is 1. The smallest absolute Gasteiger partial charge is 0.220 e. The van der Waals surface area contributed by atoms with E-state index in [2.05, 4.69) is 24.4 Å². The molecule has 1 atom stereocenters. The Hall–Kier alpha value is -1.35. The van der Waals surface area contributed by atoms with E-state index in [4.69, 9.17) is 0 Å². The molecule has 0 heterocycles. The van der Waals surface area contributed by atoms with Crippen molar-refractivity contribution < 1.29 is 9.90 Å². The van der Waals surface area contributed by atoms with Crippen molar-refractivity contribution in [3.05, 3.63) is 34.4 Å². The molecular weight excluding hydrogens is 238 g/mol. The highest BCUT2D eigenvalue weighted by Crippen LogP contribution is 2.23. The van der Waals surface area contributed by atoms with Crippen LogP contribution in [-0.2, 0) is 4.79 Å². The maximum absolute atomic E-state index is 11.5. The van der Waals surface area contributed by atoms with Crippen LogP contribution in [0.2, 0.25) is 0 Å². The van der Waals surface area contributed by atoms with E-state index in [0.29, 0.717) is 6.42 Å². The summed E-state index contributed by atoms with van der Waals surface area (Å²) >= 11 is 0. The molecule has 1 rings (SSSR count). The Morgan fingerprint density at radius 1 is 1.26 bits per heavy atom. The SMILES string of the molecule is CCCCC(=O)NCC(O)c1c(C)cc(C)cc1C. The van der Waals surface area contributed by atoms with Crippen LogP contribution in [-0.4, -0.2) is 17.6 Å². The Morgan fingerprint density at radius 3 is 2.37 bits per heavy atom. The lowest BCUT2D eigenvalue weighted by atomic mass is 9.95. The fourth-order valence-corrected chi connectivity index (χ4v) is 2.46. The number of nitrogens with one attached hydrogen (secondary N) is 1. The summed E-state index contributed by atoms with van der Waals surface area (Å²) in [6.45, 7) is 8.38. The first-order valence-electron chi connectivity index (χ1n) is 6.98. The number of hydrogen-bond acceptors (Lipinski definition) is 2. The number of aliphatic hydroxyl groups is 1. The zero-order valence-electron chi connectivity index (χ0n) is 12.4. The molecule has 1 aromatic rings. The van der Waals surface area contributed by atoms with Crippen molar-refractivity contribution in [2.75, 3.05) is 6.54 Å². The second kappa shape index (κ2) is 7.29. The number of carbonyl (C=O) groups excluding carboxylic acids is 1. The molecule has 0 aliphatic carbocycles. The van der Waals surface area contributed by atoms with E-state index in [1.165, 1.54) is 5.56 Å². The topological polar surface area (TPSA) is 49.3 Å². The molecule has 0 aromatic heterocycles. The fraction of sp³-hybridized carbons (Fsp3) is 0.562. The largest absolute Gasteiger partial charge is 0.387 e. The van der Waals surface area contributed by atoms with Crippen molar-refractivity contribution in [1.29, 1.82) is 0 Å². The molecule has 3 heteroatoms. The highest BCUT2D eigenvalue weighted by Gasteiger charge is 2.14. The lowest BCUT2D eigenvalue weighted by molar-refractivity contribution is -0.121. The summed E-state index contributed by atoms with van der Waals surface area (Å²) in [7, 11) is 0. The molecule has 0 fully saturated rings. The molecule has 3 nitrogen and oxygen atoms in total. The van der Waals surface area contributed by atoms with Gasteiger partial charge in [0, 0.05) is 13.0 Å². The summed E-state index contributed by atoms with van der Waals surface area (Å²) in [6.07, 6.45) is 1.80. The van der Waals surface area contributed by atoms with Crippen molar-refractivity contribution in [3.8, 4) is 0 Å². The quantitative estimate of drug-likeness (QED) is 0.829. The first-order chi connectivity index (χ1) is 8.95. The predicted molar refractivity (Wildman–Crippen MR) is 78.1 cm³/mol. The van der Waals surface area contributed by atoms with Gasteiger partial charge in [0.15, 0.2) is 0 Å². The fourth-order valence-electron chi connectivity index (χ4n) is 2.46. The Kier molecular flexibility index (Phi) is 6.03. The molecule has 0 saturated carbocycles. The van der Waals surface area contributed by atoms with Gasteiger partial charge in [-0.3, -0.25) is 4.79 Å². The molecule has 1 unspecified atom stereocenters. The molecule has 2 N–H and O–H groups in total. The summed E-state index contributed by atoms with van der Waals surface area (Å²) < 4.78 is 0. The molecule has 0 aliphatic heterocycles. The van der Waals surface area contributed by atoms with Gasteiger partial charge in [-0.1, -0.05) is 31.0 Å². The van der Waals surface area contributed by atoms with Crippen LogP contribution in [0.3, 0.4) is 0 Å². The number of benzene rings is 1. The van der Waals surface area contributed by atoms with Crippen LogP contribution >= 0.6 is 0 Å². The van der Waals surface area contributed by atoms with Gasteiger partial charge in [-0.2, -0.15) is 0 Å². The molecular formula is C16H25NO2. The average Bonchev–Trinajstić information content (AvgIpc) is 2.32. The third kappa shape index (κ3) is 4.67. The van der Waals surface area contributed by atoms with E-state index in [1.807, 2.05) is 20.8 Å². The van der Waals surface area contributed by atoms with E-state index in [1.54, 1.807) is 0 Å². The summed E-state index contributed by atoms with van der Waals surface area (Å²) in [5.41, 5.74) is 4.28.